The van der Waals surface area contributed by atoms with Crippen molar-refractivity contribution in [1.82, 2.24) is 4.90 Å². The maximum Gasteiger partial charge on any atom is 0.161 e. The second-order valence-corrected chi connectivity index (χ2v) is 7.68. The molecule has 1 N–H and O–H groups in total. The number of hydrogen-bond acceptors (Lipinski definition) is 5. The molecular formula is C23H25NO4. The van der Waals surface area contributed by atoms with Crippen molar-refractivity contribution in [2.45, 2.75) is 31.5 Å². The normalized spacial score (nSPS) is 21.6. The van der Waals surface area contributed by atoms with E-state index in [0.29, 0.717) is 11.5 Å². The Hall–Kier alpha value is -2.50. The third kappa shape index (κ3) is 2.39. The standard InChI is InChI=1S/C23H25NO4/c1-26-13-6-7-14-15(9-13)16-10-20(27-2)21(28-3)11-17(16)22-18(14)12-24-8-4-5-19(24)23(22)25/h6-7,9-11,19,23,25H,4-5,8,12H2,1-3H3/t19-,23+/m0/s1. The maximum atomic E-state index is 11.3. The third-order valence-electron chi connectivity index (χ3n) is 6.42. The average Bonchev–Trinajstić information content (AvgIpc) is 3.21. The lowest BCUT2D eigenvalue weighted by Gasteiger charge is -2.37. The summed E-state index contributed by atoms with van der Waals surface area (Å²) in [5, 5.41) is 15.7. The van der Waals surface area contributed by atoms with Crippen LogP contribution in [0.5, 0.6) is 17.2 Å². The van der Waals surface area contributed by atoms with E-state index in [2.05, 4.69) is 17.0 Å². The Bertz CT molecular complexity index is 1080. The second-order valence-electron chi connectivity index (χ2n) is 7.68. The van der Waals surface area contributed by atoms with Gasteiger partial charge in [0.25, 0.3) is 0 Å². The number of aliphatic hydroxyl groups is 1. The molecule has 28 heavy (non-hydrogen) atoms. The van der Waals surface area contributed by atoms with Gasteiger partial charge in [-0.3, -0.25) is 4.90 Å². The van der Waals surface area contributed by atoms with Crippen LogP contribution in [0.1, 0.15) is 30.1 Å². The summed E-state index contributed by atoms with van der Waals surface area (Å²) in [7, 11) is 4.98. The van der Waals surface area contributed by atoms with Crippen LogP contribution < -0.4 is 14.2 Å². The Morgan fingerprint density at radius 2 is 1.61 bits per heavy atom. The van der Waals surface area contributed by atoms with Gasteiger partial charge in [-0.2, -0.15) is 0 Å². The largest absolute Gasteiger partial charge is 0.497 e. The van der Waals surface area contributed by atoms with Crippen molar-refractivity contribution in [3.63, 3.8) is 0 Å². The summed E-state index contributed by atoms with van der Waals surface area (Å²) in [6.45, 7) is 1.91. The minimum Gasteiger partial charge on any atom is -0.497 e. The summed E-state index contributed by atoms with van der Waals surface area (Å²) >= 11 is 0. The lowest BCUT2D eigenvalue weighted by Crippen LogP contribution is -2.39. The Balaban J connectivity index is 1.92. The second kappa shape index (κ2) is 6.54. The molecule has 2 aliphatic rings. The summed E-state index contributed by atoms with van der Waals surface area (Å²) in [6.07, 6.45) is 1.67. The fourth-order valence-electron chi connectivity index (χ4n) is 5.08. The summed E-state index contributed by atoms with van der Waals surface area (Å²) < 4.78 is 16.6. The Kier molecular flexibility index (Phi) is 4.11. The molecule has 5 rings (SSSR count). The van der Waals surface area contributed by atoms with Gasteiger partial charge in [0.15, 0.2) is 11.5 Å². The number of rotatable bonds is 3. The SMILES string of the molecule is COc1ccc2c3c(c4cc(OC)c(OC)cc4c2c1)[C@H](O)[C@@H]1CCCN1C3. The molecule has 0 amide bonds. The van der Waals surface area contributed by atoms with Crippen molar-refractivity contribution in [2.24, 2.45) is 0 Å². The van der Waals surface area contributed by atoms with E-state index in [1.807, 2.05) is 18.2 Å². The number of ether oxygens (including phenoxy) is 3. The molecular weight excluding hydrogens is 354 g/mol. The van der Waals surface area contributed by atoms with Crippen LogP contribution in [0.3, 0.4) is 0 Å². The number of methoxy groups -OCH3 is 3. The van der Waals surface area contributed by atoms with Crippen molar-refractivity contribution in [1.29, 1.82) is 0 Å². The van der Waals surface area contributed by atoms with E-state index in [1.165, 1.54) is 10.9 Å². The highest BCUT2D eigenvalue weighted by molar-refractivity contribution is 6.12. The van der Waals surface area contributed by atoms with Gasteiger partial charge in [0.05, 0.1) is 27.4 Å². The molecule has 0 aliphatic carbocycles. The zero-order chi connectivity index (χ0) is 19.4. The quantitative estimate of drug-likeness (QED) is 0.697. The molecule has 2 heterocycles. The first-order valence-corrected chi connectivity index (χ1v) is 9.76. The lowest BCUT2D eigenvalue weighted by atomic mass is 9.83. The first kappa shape index (κ1) is 17.6. The van der Waals surface area contributed by atoms with Crippen LogP contribution in [0.4, 0.5) is 0 Å². The van der Waals surface area contributed by atoms with Crippen molar-refractivity contribution in [2.75, 3.05) is 27.9 Å². The minimum absolute atomic E-state index is 0.194. The van der Waals surface area contributed by atoms with Crippen molar-refractivity contribution < 1.29 is 19.3 Å². The first-order valence-electron chi connectivity index (χ1n) is 9.76. The fraction of sp³-hybridized carbons (Fsp3) is 0.391. The number of nitrogens with zero attached hydrogens (tertiary/aromatic N) is 1. The Labute approximate surface area is 164 Å². The highest BCUT2D eigenvalue weighted by Crippen LogP contribution is 2.47. The summed E-state index contributed by atoms with van der Waals surface area (Å²) in [4.78, 5) is 2.42. The van der Waals surface area contributed by atoms with Crippen LogP contribution in [0.2, 0.25) is 0 Å². The first-order chi connectivity index (χ1) is 13.7. The highest BCUT2D eigenvalue weighted by atomic mass is 16.5. The molecule has 5 nitrogen and oxygen atoms in total. The molecule has 3 aromatic carbocycles. The topological polar surface area (TPSA) is 51.2 Å². The van der Waals surface area contributed by atoms with Gasteiger partial charge in [-0.05, 0) is 76.3 Å². The third-order valence-corrected chi connectivity index (χ3v) is 6.42. The number of benzene rings is 3. The number of fused-ring (bicyclic) bond motifs is 7. The molecule has 1 saturated heterocycles. The fourth-order valence-corrected chi connectivity index (χ4v) is 5.08. The summed E-state index contributed by atoms with van der Waals surface area (Å²) in [5.74, 6) is 2.19. The van der Waals surface area contributed by atoms with Crippen LogP contribution in [0, 0.1) is 0 Å². The van der Waals surface area contributed by atoms with E-state index in [4.69, 9.17) is 14.2 Å². The van der Waals surface area contributed by atoms with E-state index in [9.17, 15) is 5.11 Å². The number of hydrogen-bond donors (Lipinski definition) is 1. The van der Waals surface area contributed by atoms with Gasteiger partial charge in [0.1, 0.15) is 5.75 Å². The molecule has 3 aromatic rings. The van der Waals surface area contributed by atoms with Gasteiger partial charge in [-0.25, -0.2) is 0 Å². The molecule has 0 saturated carbocycles. The average molecular weight is 379 g/mol. The van der Waals surface area contributed by atoms with Crippen molar-refractivity contribution in [3.8, 4) is 17.2 Å². The maximum absolute atomic E-state index is 11.3. The number of aliphatic hydroxyl groups excluding tert-OH is 1. The zero-order valence-electron chi connectivity index (χ0n) is 16.5. The summed E-state index contributed by atoms with van der Waals surface area (Å²) in [5.41, 5.74) is 2.25. The van der Waals surface area contributed by atoms with Gasteiger partial charge in [0.2, 0.25) is 0 Å². The molecule has 0 unspecified atom stereocenters. The molecule has 1 fully saturated rings. The van der Waals surface area contributed by atoms with Crippen molar-refractivity contribution >= 4 is 21.5 Å². The minimum atomic E-state index is -0.502. The highest BCUT2D eigenvalue weighted by Gasteiger charge is 2.39. The predicted octanol–water partition coefficient (Wildman–Crippen LogP) is 4.03. The van der Waals surface area contributed by atoms with Crippen LogP contribution in [0.25, 0.3) is 21.5 Å². The van der Waals surface area contributed by atoms with Crippen LogP contribution >= 0.6 is 0 Å². The molecule has 2 atom stereocenters. The Morgan fingerprint density at radius 3 is 2.32 bits per heavy atom. The van der Waals surface area contributed by atoms with Gasteiger partial charge < -0.3 is 19.3 Å². The van der Waals surface area contributed by atoms with Crippen LogP contribution in [-0.2, 0) is 6.54 Å². The van der Waals surface area contributed by atoms with E-state index in [-0.39, 0.29) is 6.04 Å². The van der Waals surface area contributed by atoms with E-state index in [1.54, 1.807) is 21.3 Å². The zero-order valence-corrected chi connectivity index (χ0v) is 16.5. The predicted molar refractivity (Wildman–Crippen MR) is 110 cm³/mol. The lowest BCUT2D eigenvalue weighted by molar-refractivity contribution is 0.0552. The van der Waals surface area contributed by atoms with Gasteiger partial charge in [-0.1, -0.05) is 6.07 Å². The van der Waals surface area contributed by atoms with Gasteiger partial charge >= 0.3 is 0 Å². The van der Waals surface area contributed by atoms with Crippen LogP contribution in [-0.4, -0.2) is 43.9 Å². The van der Waals surface area contributed by atoms with E-state index < -0.39 is 6.10 Å². The molecule has 5 heteroatoms. The molecule has 0 spiro atoms. The molecule has 146 valence electrons. The van der Waals surface area contributed by atoms with Crippen LogP contribution in [0.15, 0.2) is 30.3 Å². The van der Waals surface area contributed by atoms with Gasteiger partial charge in [-0.15, -0.1) is 0 Å². The van der Waals surface area contributed by atoms with E-state index >= 15 is 0 Å². The van der Waals surface area contributed by atoms with E-state index in [0.717, 1.165) is 53.4 Å². The van der Waals surface area contributed by atoms with Crippen molar-refractivity contribution in [3.05, 3.63) is 41.5 Å². The molecule has 2 aliphatic heterocycles. The Morgan fingerprint density at radius 1 is 0.893 bits per heavy atom. The molecule has 0 bridgehead atoms. The smallest absolute Gasteiger partial charge is 0.161 e. The molecule has 0 radical (unpaired) electrons. The molecule has 0 aromatic heterocycles. The summed E-state index contributed by atoms with van der Waals surface area (Å²) in [6, 6.07) is 10.4. The monoisotopic (exact) mass is 379 g/mol. The van der Waals surface area contributed by atoms with Gasteiger partial charge in [0, 0.05) is 12.6 Å².